The third-order valence-corrected chi connectivity index (χ3v) is 5.07. The zero-order valence-electron chi connectivity index (χ0n) is 11.1. The van der Waals surface area contributed by atoms with Gasteiger partial charge in [0.1, 0.15) is 11.6 Å². The van der Waals surface area contributed by atoms with Gasteiger partial charge in [-0.2, -0.15) is 0 Å². The number of rotatable bonds is 2. The van der Waals surface area contributed by atoms with Gasteiger partial charge in [-0.25, -0.2) is 4.98 Å². The number of thiazole rings is 1. The predicted octanol–water partition coefficient (Wildman–Crippen LogP) is 4.62. The lowest BCUT2D eigenvalue weighted by molar-refractivity contribution is 0.346. The first kappa shape index (κ1) is 12.7. The van der Waals surface area contributed by atoms with Crippen LogP contribution in [0.25, 0.3) is 12.2 Å². The average Bonchev–Trinajstić information content (AvgIpc) is 3.09. The van der Waals surface area contributed by atoms with Gasteiger partial charge in [0.05, 0.1) is 15.6 Å². The zero-order valence-corrected chi connectivity index (χ0v) is 12.7. The number of aromatic nitrogens is 1. The number of hydrogen-bond donors (Lipinski definition) is 1. The minimum absolute atomic E-state index is 0.614. The largest absolute Gasteiger partial charge is 0.472 e. The van der Waals surface area contributed by atoms with Crippen LogP contribution in [0.5, 0.6) is 5.88 Å². The molecule has 0 fully saturated rings. The standard InChI is InChI=1S/C16H12N2OS2/c1-2-6-12-11(5-1)17-14(20-12)8-3-9-15-18-16-13(21-15)7-4-10-19-16/h1-9,17H,10H2. The number of nitrogens with one attached hydrogen (secondary N) is 1. The SMILES string of the molecule is C(=Cc1nc2c(s1)C=CCO2)C=C1Nc2ccccc2S1. The Hall–Kier alpha value is -1.98. The van der Waals surface area contributed by atoms with Crippen molar-refractivity contribution in [1.29, 1.82) is 0 Å². The molecule has 0 bridgehead atoms. The summed E-state index contributed by atoms with van der Waals surface area (Å²) in [5.74, 6) is 0.746. The Morgan fingerprint density at radius 1 is 1.29 bits per heavy atom. The third kappa shape index (κ3) is 2.62. The van der Waals surface area contributed by atoms with Crippen molar-refractivity contribution in [2.24, 2.45) is 0 Å². The Bertz CT molecular complexity index is 747. The van der Waals surface area contributed by atoms with Gasteiger partial charge in [0.2, 0.25) is 5.88 Å². The summed E-state index contributed by atoms with van der Waals surface area (Å²) in [6.07, 6.45) is 10.2. The van der Waals surface area contributed by atoms with Gasteiger partial charge in [-0.15, -0.1) is 11.3 Å². The van der Waals surface area contributed by atoms with Crippen LogP contribution in [0.15, 0.2) is 52.4 Å². The van der Waals surface area contributed by atoms with Crippen molar-refractivity contribution in [3.05, 3.63) is 57.4 Å². The van der Waals surface area contributed by atoms with Crippen LogP contribution < -0.4 is 10.1 Å². The molecule has 5 heteroatoms. The van der Waals surface area contributed by atoms with Crippen LogP contribution in [-0.4, -0.2) is 11.6 Å². The maximum Gasteiger partial charge on any atom is 0.232 e. The molecule has 3 nitrogen and oxygen atoms in total. The van der Waals surface area contributed by atoms with Gasteiger partial charge < -0.3 is 10.1 Å². The molecule has 0 atom stereocenters. The fraction of sp³-hybridized carbons (Fsp3) is 0.0625. The molecule has 0 saturated heterocycles. The lowest BCUT2D eigenvalue weighted by atomic mass is 10.3. The van der Waals surface area contributed by atoms with Crippen LogP contribution in [0.4, 0.5) is 5.69 Å². The van der Waals surface area contributed by atoms with E-state index in [1.165, 1.54) is 10.6 Å². The molecular formula is C16H12N2OS2. The summed E-state index contributed by atoms with van der Waals surface area (Å²) >= 11 is 3.38. The molecule has 1 aromatic heterocycles. The van der Waals surface area contributed by atoms with Crippen molar-refractivity contribution in [2.45, 2.75) is 4.90 Å². The lowest BCUT2D eigenvalue weighted by Crippen LogP contribution is -1.98. The Kier molecular flexibility index (Phi) is 3.29. The molecule has 0 unspecified atom stereocenters. The highest BCUT2D eigenvalue weighted by atomic mass is 32.2. The monoisotopic (exact) mass is 312 g/mol. The fourth-order valence-corrected chi connectivity index (χ4v) is 3.90. The summed E-state index contributed by atoms with van der Waals surface area (Å²) in [5.41, 5.74) is 1.17. The van der Waals surface area contributed by atoms with Crippen molar-refractivity contribution in [3.63, 3.8) is 0 Å². The van der Waals surface area contributed by atoms with Crippen LogP contribution in [0.2, 0.25) is 0 Å². The van der Waals surface area contributed by atoms with Crippen LogP contribution in [-0.2, 0) is 0 Å². The van der Waals surface area contributed by atoms with Crippen molar-refractivity contribution < 1.29 is 4.74 Å². The van der Waals surface area contributed by atoms with Crippen LogP contribution >= 0.6 is 23.1 Å². The number of anilines is 1. The molecule has 3 heterocycles. The van der Waals surface area contributed by atoms with Gasteiger partial charge in [-0.1, -0.05) is 30.0 Å². The number of thioether (sulfide) groups is 1. The molecule has 1 aromatic carbocycles. The number of nitrogens with zero attached hydrogens (tertiary/aromatic N) is 1. The average molecular weight is 312 g/mol. The summed E-state index contributed by atoms with van der Waals surface area (Å²) in [4.78, 5) is 6.81. The Morgan fingerprint density at radius 2 is 2.24 bits per heavy atom. The first-order chi connectivity index (χ1) is 10.4. The van der Waals surface area contributed by atoms with Crippen molar-refractivity contribution in [2.75, 3.05) is 11.9 Å². The second-order valence-corrected chi connectivity index (χ2v) is 6.69. The third-order valence-electron chi connectivity index (χ3n) is 3.07. The molecule has 0 saturated carbocycles. The smallest absolute Gasteiger partial charge is 0.232 e. The molecule has 2 aromatic rings. The maximum atomic E-state index is 5.47. The normalized spacial score (nSPS) is 17.6. The second-order valence-electron chi connectivity index (χ2n) is 4.55. The zero-order chi connectivity index (χ0) is 14.1. The number of ether oxygens (including phenoxy) is 1. The van der Waals surface area contributed by atoms with E-state index in [9.17, 15) is 0 Å². The highest BCUT2D eigenvalue weighted by molar-refractivity contribution is 8.03. The van der Waals surface area contributed by atoms with Gasteiger partial charge in [0.25, 0.3) is 0 Å². The number of allylic oxidation sites excluding steroid dienone is 2. The molecular weight excluding hydrogens is 300 g/mol. The minimum Gasteiger partial charge on any atom is -0.472 e. The lowest BCUT2D eigenvalue weighted by Gasteiger charge is -2.03. The first-order valence-corrected chi connectivity index (χ1v) is 8.24. The van der Waals surface area contributed by atoms with Gasteiger partial charge >= 0.3 is 0 Å². The second kappa shape index (κ2) is 5.42. The van der Waals surface area contributed by atoms with E-state index in [2.05, 4.69) is 40.7 Å². The molecule has 0 radical (unpaired) electrons. The van der Waals surface area contributed by atoms with E-state index < -0.39 is 0 Å². The molecule has 1 N–H and O–H groups in total. The first-order valence-electron chi connectivity index (χ1n) is 6.61. The topological polar surface area (TPSA) is 34.1 Å². The summed E-state index contributed by atoms with van der Waals surface area (Å²) in [6.45, 7) is 0.614. The molecule has 2 aliphatic heterocycles. The molecule has 0 aliphatic carbocycles. The summed E-state index contributed by atoms with van der Waals surface area (Å²) in [5, 5.41) is 5.48. The summed E-state index contributed by atoms with van der Waals surface area (Å²) in [7, 11) is 0. The Balaban J connectivity index is 1.49. The van der Waals surface area contributed by atoms with Gasteiger partial charge in [0, 0.05) is 4.90 Å². The molecule has 21 heavy (non-hydrogen) atoms. The quantitative estimate of drug-likeness (QED) is 0.877. The van der Waals surface area contributed by atoms with Gasteiger partial charge in [-0.3, -0.25) is 0 Å². The van der Waals surface area contributed by atoms with Crippen molar-refractivity contribution in [1.82, 2.24) is 4.98 Å². The van der Waals surface area contributed by atoms with Crippen LogP contribution in [0.3, 0.4) is 0 Å². The van der Waals surface area contributed by atoms with Crippen molar-refractivity contribution >= 4 is 40.9 Å². The Morgan fingerprint density at radius 3 is 3.14 bits per heavy atom. The highest BCUT2D eigenvalue weighted by Gasteiger charge is 2.14. The predicted molar refractivity (Wildman–Crippen MR) is 89.7 cm³/mol. The van der Waals surface area contributed by atoms with E-state index in [1.807, 2.05) is 24.3 Å². The Labute approximate surface area is 131 Å². The van der Waals surface area contributed by atoms with Gasteiger partial charge in [-0.05, 0) is 36.4 Å². The van der Waals surface area contributed by atoms with Crippen molar-refractivity contribution in [3.8, 4) is 5.88 Å². The van der Waals surface area contributed by atoms with E-state index >= 15 is 0 Å². The molecule has 2 aliphatic rings. The van der Waals surface area contributed by atoms with E-state index in [0.29, 0.717) is 6.61 Å². The summed E-state index contributed by atoms with van der Waals surface area (Å²) in [6, 6.07) is 8.31. The molecule has 0 amide bonds. The number of para-hydroxylation sites is 1. The van der Waals surface area contributed by atoms with E-state index in [0.717, 1.165) is 20.8 Å². The fourth-order valence-electron chi connectivity index (χ4n) is 2.13. The van der Waals surface area contributed by atoms with E-state index in [4.69, 9.17) is 4.74 Å². The molecule has 104 valence electrons. The highest BCUT2D eigenvalue weighted by Crippen LogP contribution is 2.40. The number of benzene rings is 1. The van der Waals surface area contributed by atoms with Gasteiger partial charge in [0.15, 0.2) is 0 Å². The van der Waals surface area contributed by atoms with Crippen LogP contribution in [0, 0.1) is 0 Å². The van der Waals surface area contributed by atoms with Crippen LogP contribution in [0.1, 0.15) is 9.88 Å². The van der Waals surface area contributed by atoms with E-state index in [-0.39, 0.29) is 0 Å². The van der Waals surface area contributed by atoms with E-state index in [1.54, 1.807) is 23.1 Å². The maximum absolute atomic E-state index is 5.47. The summed E-state index contributed by atoms with van der Waals surface area (Å²) < 4.78 is 5.47. The number of fused-ring (bicyclic) bond motifs is 2. The minimum atomic E-state index is 0.614. The number of hydrogen-bond acceptors (Lipinski definition) is 5. The molecule has 0 spiro atoms. The molecule has 4 rings (SSSR count).